The zero-order valence-corrected chi connectivity index (χ0v) is 14.9. The van der Waals surface area contributed by atoms with Crippen LogP contribution >= 0.6 is 0 Å². The molecule has 1 amide bonds. The summed E-state index contributed by atoms with van der Waals surface area (Å²) in [6, 6.07) is 20.4. The van der Waals surface area contributed by atoms with Gasteiger partial charge in [0.25, 0.3) is 0 Å². The molecule has 25 heavy (non-hydrogen) atoms. The number of nitrogens with two attached hydrogens (primary N) is 1. The van der Waals surface area contributed by atoms with Crippen molar-refractivity contribution in [1.82, 2.24) is 0 Å². The topological polar surface area (TPSA) is 63.3 Å². The van der Waals surface area contributed by atoms with Gasteiger partial charge in [0, 0.05) is 6.61 Å². The van der Waals surface area contributed by atoms with Crippen molar-refractivity contribution in [2.75, 3.05) is 6.61 Å². The molecule has 0 bridgehead atoms. The van der Waals surface area contributed by atoms with E-state index in [4.69, 9.17) is 5.73 Å². The summed E-state index contributed by atoms with van der Waals surface area (Å²) in [5.74, 6) is -0.246. The smallest absolute Gasteiger partial charge is 0.223 e. The van der Waals surface area contributed by atoms with E-state index in [2.05, 4.69) is 24.3 Å². The molecule has 0 radical (unpaired) electrons. The van der Waals surface area contributed by atoms with Gasteiger partial charge in [0.2, 0.25) is 5.91 Å². The van der Waals surface area contributed by atoms with E-state index >= 15 is 0 Å². The zero-order valence-electron chi connectivity index (χ0n) is 14.9. The number of carbonyl (C=O) groups excluding carboxylic acids is 1. The van der Waals surface area contributed by atoms with Gasteiger partial charge in [-0.25, -0.2) is 0 Å². The van der Waals surface area contributed by atoms with E-state index in [0.29, 0.717) is 19.3 Å². The first-order valence-electron chi connectivity index (χ1n) is 9.15. The summed E-state index contributed by atoms with van der Waals surface area (Å²) in [6.07, 6.45) is 5.66. The fourth-order valence-corrected chi connectivity index (χ4v) is 3.48. The lowest BCUT2D eigenvalue weighted by Gasteiger charge is -2.31. The predicted octanol–water partition coefficient (Wildman–Crippen LogP) is 3.89. The van der Waals surface area contributed by atoms with Crippen molar-refractivity contribution in [2.45, 2.75) is 44.9 Å². The van der Waals surface area contributed by atoms with Crippen LogP contribution in [0.3, 0.4) is 0 Å². The van der Waals surface area contributed by atoms with E-state index in [0.717, 1.165) is 31.2 Å². The molecule has 0 saturated carbocycles. The van der Waals surface area contributed by atoms with Crippen molar-refractivity contribution >= 4 is 5.91 Å². The van der Waals surface area contributed by atoms with Crippen molar-refractivity contribution in [3.05, 3.63) is 71.8 Å². The minimum Gasteiger partial charge on any atom is -0.396 e. The van der Waals surface area contributed by atoms with Gasteiger partial charge in [-0.2, -0.15) is 0 Å². The number of aliphatic hydroxyl groups excluding tert-OH is 1. The van der Waals surface area contributed by atoms with Gasteiger partial charge >= 0.3 is 0 Å². The Kier molecular flexibility index (Phi) is 7.68. The van der Waals surface area contributed by atoms with Crippen LogP contribution in [-0.2, 0) is 17.6 Å². The van der Waals surface area contributed by atoms with Gasteiger partial charge < -0.3 is 10.8 Å². The summed E-state index contributed by atoms with van der Waals surface area (Å²) < 4.78 is 0. The molecule has 1 unspecified atom stereocenters. The summed E-state index contributed by atoms with van der Waals surface area (Å²) in [6.45, 7) is 0.0911. The minimum absolute atomic E-state index is 0.0911. The third kappa shape index (κ3) is 6.02. The van der Waals surface area contributed by atoms with Crippen LogP contribution in [-0.4, -0.2) is 17.6 Å². The Hall–Kier alpha value is -2.13. The van der Waals surface area contributed by atoms with Gasteiger partial charge in [0.05, 0.1) is 5.41 Å². The van der Waals surface area contributed by atoms with Crippen LogP contribution in [0.2, 0.25) is 0 Å². The molecule has 1 atom stereocenters. The third-order valence-electron chi connectivity index (χ3n) is 4.94. The number of primary amides is 1. The Morgan fingerprint density at radius 1 is 0.840 bits per heavy atom. The number of hydrogen-bond acceptors (Lipinski definition) is 2. The molecular weight excluding hydrogens is 310 g/mol. The third-order valence-corrected chi connectivity index (χ3v) is 4.94. The number of rotatable bonds is 11. The maximum absolute atomic E-state index is 12.3. The second kappa shape index (κ2) is 10.00. The lowest BCUT2D eigenvalue weighted by atomic mass is 9.73. The van der Waals surface area contributed by atoms with Crippen LogP contribution in [0.25, 0.3) is 0 Å². The van der Waals surface area contributed by atoms with E-state index in [1.54, 1.807) is 0 Å². The molecule has 134 valence electrons. The lowest BCUT2D eigenvalue weighted by molar-refractivity contribution is -0.128. The van der Waals surface area contributed by atoms with Gasteiger partial charge in [0.1, 0.15) is 0 Å². The summed E-state index contributed by atoms with van der Waals surface area (Å²) in [5, 5.41) is 9.25. The van der Waals surface area contributed by atoms with Gasteiger partial charge in [-0.3, -0.25) is 4.79 Å². The first-order valence-corrected chi connectivity index (χ1v) is 9.15. The average Bonchev–Trinajstić information content (AvgIpc) is 2.64. The standard InChI is InChI=1S/C22H29NO2/c23-21(25)22(16-9-17-24,18-20-13-5-2-6-14-20)15-8-7-12-19-10-3-1-4-11-19/h1-6,10-11,13-14,24H,7-9,12,15-18H2,(H2,23,25). The minimum atomic E-state index is -0.569. The number of carbonyl (C=O) groups is 1. The fourth-order valence-electron chi connectivity index (χ4n) is 3.48. The van der Waals surface area contributed by atoms with Crippen LogP contribution in [0.1, 0.15) is 43.2 Å². The molecule has 2 aromatic carbocycles. The molecular formula is C22H29NO2. The van der Waals surface area contributed by atoms with Crippen LogP contribution in [0.5, 0.6) is 0 Å². The van der Waals surface area contributed by atoms with E-state index < -0.39 is 5.41 Å². The van der Waals surface area contributed by atoms with Crippen LogP contribution in [0.15, 0.2) is 60.7 Å². The van der Waals surface area contributed by atoms with Crippen molar-refractivity contribution in [2.24, 2.45) is 11.1 Å². The number of unbranched alkanes of at least 4 members (excludes halogenated alkanes) is 1. The van der Waals surface area contributed by atoms with Crippen molar-refractivity contribution in [3.8, 4) is 0 Å². The van der Waals surface area contributed by atoms with Gasteiger partial charge in [-0.15, -0.1) is 0 Å². The molecule has 3 heteroatoms. The summed E-state index contributed by atoms with van der Waals surface area (Å²) >= 11 is 0. The van der Waals surface area contributed by atoms with E-state index in [9.17, 15) is 9.90 Å². The molecule has 2 aromatic rings. The monoisotopic (exact) mass is 339 g/mol. The highest BCUT2D eigenvalue weighted by Crippen LogP contribution is 2.34. The molecule has 0 spiro atoms. The quantitative estimate of drug-likeness (QED) is 0.610. The highest BCUT2D eigenvalue weighted by atomic mass is 16.3. The van der Waals surface area contributed by atoms with Gasteiger partial charge in [-0.05, 0) is 49.7 Å². The number of benzene rings is 2. The fraction of sp³-hybridized carbons (Fsp3) is 0.409. The second-order valence-corrected chi connectivity index (χ2v) is 6.83. The van der Waals surface area contributed by atoms with E-state index in [1.165, 1.54) is 5.56 Å². The first kappa shape index (κ1) is 19.2. The largest absolute Gasteiger partial charge is 0.396 e. The zero-order chi connectivity index (χ0) is 18.0. The van der Waals surface area contributed by atoms with Crippen LogP contribution < -0.4 is 5.73 Å². The second-order valence-electron chi connectivity index (χ2n) is 6.83. The maximum atomic E-state index is 12.3. The van der Waals surface area contributed by atoms with Crippen LogP contribution in [0, 0.1) is 5.41 Å². The lowest BCUT2D eigenvalue weighted by Crippen LogP contribution is -2.39. The molecule has 0 aromatic heterocycles. The molecule has 0 aliphatic carbocycles. The molecule has 0 aliphatic heterocycles. The molecule has 0 saturated heterocycles. The van der Waals surface area contributed by atoms with Crippen molar-refractivity contribution in [3.63, 3.8) is 0 Å². The molecule has 3 nitrogen and oxygen atoms in total. The van der Waals surface area contributed by atoms with Gasteiger partial charge in [-0.1, -0.05) is 67.1 Å². The predicted molar refractivity (Wildman–Crippen MR) is 102 cm³/mol. The first-order chi connectivity index (χ1) is 12.2. The molecule has 0 fully saturated rings. The molecule has 0 aliphatic rings. The highest BCUT2D eigenvalue weighted by molar-refractivity contribution is 5.81. The molecule has 3 N–H and O–H groups in total. The maximum Gasteiger partial charge on any atom is 0.223 e. The molecule has 2 rings (SSSR count). The Balaban J connectivity index is 2.00. The summed E-state index contributed by atoms with van der Waals surface area (Å²) in [4.78, 5) is 12.3. The van der Waals surface area contributed by atoms with Gasteiger partial charge in [0.15, 0.2) is 0 Å². The Bertz CT molecular complexity index is 627. The highest BCUT2D eigenvalue weighted by Gasteiger charge is 2.35. The SMILES string of the molecule is NC(=O)C(CCCO)(CCCCc1ccccc1)Cc1ccccc1. The Labute approximate surface area is 150 Å². The normalized spacial score (nSPS) is 13.3. The Morgan fingerprint density at radius 3 is 1.96 bits per heavy atom. The van der Waals surface area contributed by atoms with Crippen molar-refractivity contribution in [1.29, 1.82) is 0 Å². The van der Waals surface area contributed by atoms with E-state index in [-0.39, 0.29) is 12.5 Å². The Morgan fingerprint density at radius 2 is 1.40 bits per heavy atom. The number of aryl methyl sites for hydroxylation is 1. The molecule has 0 heterocycles. The number of hydrogen-bond donors (Lipinski definition) is 2. The van der Waals surface area contributed by atoms with Crippen molar-refractivity contribution < 1.29 is 9.90 Å². The number of aliphatic hydroxyl groups is 1. The number of amides is 1. The summed E-state index contributed by atoms with van der Waals surface area (Å²) in [5.41, 5.74) is 7.72. The van der Waals surface area contributed by atoms with E-state index in [1.807, 2.05) is 36.4 Å². The average molecular weight is 339 g/mol. The van der Waals surface area contributed by atoms with Crippen LogP contribution in [0.4, 0.5) is 0 Å². The summed E-state index contributed by atoms with van der Waals surface area (Å²) in [7, 11) is 0.